The van der Waals surface area contributed by atoms with Gasteiger partial charge in [0.2, 0.25) is 0 Å². The molecular weight excluding hydrogens is 330 g/mol. The summed E-state index contributed by atoms with van der Waals surface area (Å²) in [6.07, 6.45) is -2.23. The van der Waals surface area contributed by atoms with Crippen LogP contribution in [0.3, 0.4) is 0 Å². The molecule has 0 unspecified atom stereocenters. The molecule has 7 heteroatoms. The minimum atomic E-state index is -1.51. The summed E-state index contributed by atoms with van der Waals surface area (Å²) in [5.74, 6) is -0.794. The molecule has 1 aromatic carbocycles. The number of rotatable bonds is 7. The van der Waals surface area contributed by atoms with Gasteiger partial charge >= 0.3 is 12.1 Å². The van der Waals surface area contributed by atoms with Gasteiger partial charge in [0.1, 0.15) is 6.61 Å². The zero-order chi connectivity index (χ0) is 17.4. The van der Waals surface area contributed by atoms with Gasteiger partial charge in [0, 0.05) is 0 Å². The molecule has 2 N–H and O–H groups in total. The largest absolute Gasteiger partial charge is 0.464 e. The molecule has 0 aliphatic heterocycles. The second kappa shape index (κ2) is 9.05. The topological polar surface area (TPSA) is 84.9 Å². The normalized spacial score (nSPS) is 12.9. The van der Waals surface area contributed by atoms with Crippen molar-refractivity contribution in [3.63, 3.8) is 0 Å². The predicted molar refractivity (Wildman–Crippen MR) is 89.5 cm³/mol. The average molecular weight is 349 g/mol. The van der Waals surface area contributed by atoms with E-state index < -0.39 is 24.2 Å². The van der Waals surface area contributed by atoms with E-state index in [0.717, 1.165) is 5.56 Å². The van der Waals surface area contributed by atoms with E-state index in [4.69, 9.17) is 9.47 Å². The molecule has 1 aromatic heterocycles. The Bertz CT molecular complexity index is 644. The van der Waals surface area contributed by atoms with Crippen LogP contribution in [-0.4, -0.2) is 29.9 Å². The van der Waals surface area contributed by atoms with Gasteiger partial charge in [-0.1, -0.05) is 30.3 Å². The summed E-state index contributed by atoms with van der Waals surface area (Å²) in [5.41, 5.74) is 1.45. The molecule has 0 saturated carbocycles. The van der Waals surface area contributed by atoms with Crippen molar-refractivity contribution in [3.8, 4) is 0 Å². The molecule has 128 valence electrons. The van der Waals surface area contributed by atoms with Crippen LogP contribution in [0.2, 0.25) is 0 Å². The van der Waals surface area contributed by atoms with Crippen LogP contribution < -0.4 is 5.32 Å². The van der Waals surface area contributed by atoms with Crippen LogP contribution in [0.25, 0.3) is 0 Å². The number of hydrogen-bond donors (Lipinski definition) is 2. The summed E-state index contributed by atoms with van der Waals surface area (Å²) >= 11 is 1.39. The Kier molecular flexibility index (Phi) is 6.77. The molecule has 1 heterocycles. The standard InChI is InChI=1S/C17H19NO5S/c1-2-22-16(20)15(19)14(13-8-9-24-11-13)18-17(21)23-10-12-6-4-3-5-7-12/h3-9,11,14-15,19H,2,10H2,1H3,(H,18,21)/t14-,15+/m0/s1. The van der Waals surface area contributed by atoms with Gasteiger partial charge in [0.05, 0.1) is 12.6 Å². The van der Waals surface area contributed by atoms with Crippen molar-refractivity contribution in [2.45, 2.75) is 25.7 Å². The Labute approximate surface area is 144 Å². The van der Waals surface area contributed by atoms with Crippen LogP contribution in [0.5, 0.6) is 0 Å². The van der Waals surface area contributed by atoms with E-state index in [1.54, 1.807) is 23.8 Å². The van der Waals surface area contributed by atoms with E-state index in [0.29, 0.717) is 5.56 Å². The van der Waals surface area contributed by atoms with Crippen molar-refractivity contribution < 1.29 is 24.2 Å². The zero-order valence-electron chi connectivity index (χ0n) is 13.2. The number of amides is 1. The Hall–Kier alpha value is -2.38. The first-order valence-corrected chi connectivity index (χ1v) is 8.40. The van der Waals surface area contributed by atoms with Crippen LogP contribution in [0.15, 0.2) is 47.2 Å². The monoisotopic (exact) mass is 349 g/mol. The van der Waals surface area contributed by atoms with Crippen molar-refractivity contribution in [1.82, 2.24) is 5.32 Å². The van der Waals surface area contributed by atoms with Crippen molar-refractivity contribution in [3.05, 3.63) is 58.3 Å². The van der Waals surface area contributed by atoms with E-state index >= 15 is 0 Å². The smallest absolute Gasteiger partial charge is 0.408 e. The molecule has 0 fully saturated rings. The maximum atomic E-state index is 12.0. The number of thiophene rings is 1. The fourth-order valence-corrected chi connectivity index (χ4v) is 2.75. The van der Waals surface area contributed by atoms with Crippen LogP contribution in [0, 0.1) is 0 Å². The maximum absolute atomic E-state index is 12.0. The second-order valence-electron chi connectivity index (χ2n) is 4.94. The maximum Gasteiger partial charge on any atom is 0.408 e. The number of carbonyl (C=O) groups excluding carboxylic acids is 2. The van der Waals surface area contributed by atoms with Gasteiger partial charge < -0.3 is 19.9 Å². The third-order valence-electron chi connectivity index (χ3n) is 3.23. The van der Waals surface area contributed by atoms with Crippen LogP contribution >= 0.6 is 11.3 Å². The summed E-state index contributed by atoms with van der Waals surface area (Å²) in [7, 11) is 0. The van der Waals surface area contributed by atoms with Crippen molar-refractivity contribution in [2.24, 2.45) is 0 Å². The molecular formula is C17H19NO5S. The third kappa shape index (κ3) is 5.07. The number of alkyl carbamates (subject to hydrolysis) is 1. The first kappa shape index (κ1) is 18.0. The fraction of sp³-hybridized carbons (Fsp3) is 0.294. The first-order valence-electron chi connectivity index (χ1n) is 7.45. The minimum Gasteiger partial charge on any atom is -0.464 e. The van der Waals surface area contributed by atoms with Gasteiger partial charge in [-0.15, -0.1) is 0 Å². The molecule has 2 aromatic rings. The Morgan fingerprint density at radius 3 is 2.58 bits per heavy atom. The lowest BCUT2D eigenvalue weighted by Crippen LogP contribution is -2.41. The molecule has 2 atom stereocenters. The van der Waals surface area contributed by atoms with Crippen LogP contribution in [0.4, 0.5) is 4.79 Å². The van der Waals surface area contributed by atoms with Crippen molar-refractivity contribution in [2.75, 3.05) is 6.61 Å². The van der Waals surface area contributed by atoms with Gasteiger partial charge in [0.25, 0.3) is 0 Å². The number of hydrogen-bond acceptors (Lipinski definition) is 6. The molecule has 0 saturated heterocycles. The number of ether oxygens (including phenoxy) is 2. The van der Waals surface area contributed by atoms with Gasteiger partial charge in [-0.2, -0.15) is 11.3 Å². The summed E-state index contributed by atoms with van der Waals surface area (Å²) in [4.78, 5) is 23.8. The first-order chi connectivity index (χ1) is 11.6. The summed E-state index contributed by atoms with van der Waals surface area (Å²) in [5, 5.41) is 16.2. The fourth-order valence-electron chi connectivity index (χ4n) is 2.05. The molecule has 6 nitrogen and oxygen atoms in total. The highest BCUT2D eigenvalue weighted by atomic mass is 32.1. The Morgan fingerprint density at radius 2 is 1.96 bits per heavy atom. The van der Waals surface area contributed by atoms with Gasteiger partial charge in [0.15, 0.2) is 6.10 Å². The van der Waals surface area contributed by atoms with Gasteiger partial charge in [-0.3, -0.25) is 0 Å². The highest BCUT2D eigenvalue weighted by Gasteiger charge is 2.31. The number of carbonyl (C=O) groups is 2. The van der Waals surface area contributed by atoms with Gasteiger partial charge in [-0.25, -0.2) is 9.59 Å². The van der Waals surface area contributed by atoms with E-state index in [2.05, 4.69) is 5.32 Å². The third-order valence-corrected chi connectivity index (χ3v) is 3.93. The number of esters is 1. The highest BCUT2D eigenvalue weighted by molar-refractivity contribution is 7.08. The number of aliphatic hydroxyl groups excluding tert-OH is 1. The second-order valence-corrected chi connectivity index (χ2v) is 5.72. The lowest BCUT2D eigenvalue weighted by molar-refractivity contribution is -0.154. The number of benzene rings is 1. The Morgan fingerprint density at radius 1 is 1.21 bits per heavy atom. The average Bonchev–Trinajstić information content (AvgIpc) is 3.12. The molecule has 0 aliphatic rings. The summed E-state index contributed by atoms with van der Waals surface area (Å²) in [6.45, 7) is 1.88. The molecule has 24 heavy (non-hydrogen) atoms. The highest BCUT2D eigenvalue weighted by Crippen LogP contribution is 2.21. The molecule has 0 radical (unpaired) electrons. The Balaban J connectivity index is 1.99. The van der Waals surface area contributed by atoms with Crippen LogP contribution in [0.1, 0.15) is 24.1 Å². The lowest BCUT2D eigenvalue weighted by atomic mass is 10.1. The molecule has 0 bridgehead atoms. The molecule has 0 aliphatic carbocycles. The number of aliphatic hydroxyl groups is 1. The molecule has 2 rings (SSSR count). The minimum absolute atomic E-state index is 0.0958. The lowest BCUT2D eigenvalue weighted by Gasteiger charge is -2.22. The quantitative estimate of drug-likeness (QED) is 0.751. The molecule has 0 spiro atoms. The SMILES string of the molecule is CCOC(=O)[C@H](O)[C@@H](NC(=O)OCc1ccccc1)c1ccsc1. The zero-order valence-corrected chi connectivity index (χ0v) is 14.0. The number of nitrogens with one attached hydrogen (secondary N) is 1. The van der Waals surface area contributed by atoms with Crippen molar-refractivity contribution >= 4 is 23.4 Å². The van der Waals surface area contributed by atoms with Crippen molar-refractivity contribution in [1.29, 1.82) is 0 Å². The van der Waals surface area contributed by atoms with Crippen LogP contribution in [-0.2, 0) is 20.9 Å². The summed E-state index contributed by atoms with van der Waals surface area (Å²) < 4.78 is 9.95. The van der Waals surface area contributed by atoms with E-state index in [1.165, 1.54) is 11.3 Å². The summed E-state index contributed by atoms with van der Waals surface area (Å²) in [6, 6.07) is 10.00. The predicted octanol–water partition coefficient (Wildman–Crippen LogP) is 2.64. The van der Waals surface area contributed by atoms with E-state index in [1.807, 2.05) is 30.3 Å². The van der Waals surface area contributed by atoms with Gasteiger partial charge in [-0.05, 0) is 34.9 Å². The molecule has 1 amide bonds. The van der Waals surface area contributed by atoms with E-state index in [-0.39, 0.29) is 13.2 Å². The van der Waals surface area contributed by atoms with E-state index in [9.17, 15) is 14.7 Å².